The molecule has 0 unspecified atom stereocenters. The molecular weight excluding hydrogens is 881 g/mol. The van der Waals surface area contributed by atoms with Crippen LogP contribution in [0, 0.1) is 50.2 Å². The van der Waals surface area contributed by atoms with Gasteiger partial charge in [0, 0.05) is 11.3 Å². The number of hydrogen-bond donors (Lipinski definition) is 12. The fraction of sp³-hybridized carbons (Fsp3) is 0.938. The van der Waals surface area contributed by atoms with Crippen molar-refractivity contribution in [3.8, 4) is 0 Å². The van der Waals surface area contributed by atoms with Gasteiger partial charge in [-0.3, -0.25) is 4.79 Å². The van der Waals surface area contributed by atoms with E-state index in [1.54, 1.807) is 0 Å². The molecule has 7 fully saturated rings. The van der Waals surface area contributed by atoms with Gasteiger partial charge in [-0.2, -0.15) is 0 Å². The van der Waals surface area contributed by atoms with E-state index < -0.39 is 145 Å². The Balaban J connectivity index is 0.985. The predicted octanol–water partition coefficient (Wildman–Crippen LogP) is -0.889. The minimum Gasteiger partial charge on any atom is -0.432 e. The Morgan fingerprint density at radius 3 is 2.00 bits per heavy atom. The molecule has 0 spiro atoms. The number of ether oxygens (including phenoxy) is 6. The van der Waals surface area contributed by atoms with Crippen LogP contribution in [0.1, 0.15) is 106 Å². The van der Waals surface area contributed by atoms with Crippen LogP contribution in [0.25, 0.3) is 0 Å². The Labute approximate surface area is 392 Å². The molecule has 0 radical (unpaired) electrons. The van der Waals surface area contributed by atoms with Crippen molar-refractivity contribution in [3.05, 3.63) is 11.6 Å². The van der Waals surface area contributed by atoms with Crippen molar-refractivity contribution >= 4 is 5.97 Å². The molecule has 5 aliphatic carbocycles. The molecule has 4 saturated carbocycles. The zero-order chi connectivity index (χ0) is 49.1. The van der Waals surface area contributed by atoms with Crippen molar-refractivity contribution in [1.82, 2.24) is 0 Å². The third-order valence-corrected chi connectivity index (χ3v) is 19.3. The average Bonchev–Trinajstić information content (AvgIpc) is 3.27. The quantitative estimate of drug-likeness (QED) is 0.0986. The van der Waals surface area contributed by atoms with Crippen LogP contribution in [0.4, 0.5) is 0 Å². The summed E-state index contributed by atoms with van der Waals surface area (Å²) in [5.74, 6) is -1.07. The van der Waals surface area contributed by atoms with Crippen molar-refractivity contribution in [2.75, 3.05) is 19.8 Å². The molecule has 25 atom stereocenters. The number of carbonyl (C=O) groups excluding carboxylic acids is 1. The second-order valence-electron chi connectivity index (χ2n) is 23.5. The van der Waals surface area contributed by atoms with E-state index in [1.807, 2.05) is 6.92 Å². The Morgan fingerprint density at radius 2 is 1.33 bits per heavy atom. The molecule has 19 heteroatoms. The van der Waals surface area contributed by atoms with Gasteiger partial charge < -0.3 is 89.7 Å². The Kier molecular flexibility index (Phi) is 14.1. The van der Waals surface area contributed by atoms with Crippen molar-refractivity contribution in [1.29, 1.82) is 0 Å². The molecule has 0 aromatic heterocycles. The first-order valence-electron chi connectivity index (χ1n) is 24.4. The van der Waals surface area contributed by atoms with Crippen LogP contribution in [0.15, 0.2) is 11.6 Å². The van der Waals surface area contributed by atoms with Crippen molar-refractivity contribution in [3.63, 3.8) is 0 Å². The van der Waals surface area contributed by atoms with Crippen LogP contribution in [0.3, 0.4) is 0 Å². The zero-order valence-corrected chi connectivity index (χ0v) is 39.8. The highest BCUT2D eigenvalue weighted by molar-refractivity contribution is 5.79. The normalized spacial score (nSPS) is 55.2. The summed E-state index contributed by atoms with van der Waals surface area (Å²) >= 11 is 0. The molecule has 3 aliphatic heterocycles. The summed E-state index contributed by atoms with van der Waals surface area (Å²) in [5.41, 5.74) is -2.09. The van der Waals surface area contributed by atoms with E-state index in [9.17, 15) is 66.1 Å². The van der Waals surface area contributed by atoms with Crippen molar-refractivity contribution < 1.29 is 94.5 Å². The molecule has 384 valence electrons. The average molecular weight is 959 g/mol. The molecule has 12 N–H and O–H groups in total. The number of allylic oxidation sites excluding steroid dienone is 2. The molecule has 3 saturated heterocycles. The van der Waals surface area contributed by atoms with E-state index in [2.05, 4.69) is 40.7 Å². The lowest BCUT2D eigenvalue weighted by atomic mass is 9.33. The summed E-state index contributed by atoms with van der Waals surface area (Å²) in [6.45, 7) is 12.8. The lowest BCUT2D eigenvalue weighted by Gasteiger charge is -2.72. The molecule has 0 bridgehead atoms. The summed E-state index contributed by atoms with van der Waals surface area (Å²) in [5, 5.41) is 130. The maximum absolute atomic E-state index is 15.0. The molecular formula is C48H78O19. The Hall–Kier alpha value is -1.47. The van der Waals surface area contributed by atoms with Crippen LogP contribution in [0.2, 0.25) is 0 Å². The van der Waals surface area contributed by atoms with Gasteiger partial charge in [0.15, 0.2) is 12.6 Å². The molecule has 19 nitrogen and oxygen atoms in total. The smallest absolute Gasteiger partial charge is 0.315 e. The van der Waals surface area contributed by atoms with E-state index in [-0.39, 0.29) is 35.2 Å². The third kappa shape index (κ3) is 8.10. The first-order valence-corrected chi connectivity index (χ1v) is 24.4. The molecule has 0 aromatic carbocycles. The van der Waals surface area contributed by atoms with Gasteiger partial charge in [-0.25, -0.2) is 0 Å². The highest BCUT2D eigenvalue weighted by atomic mass is 16.8. The highest BCUT2D eigenvalue weighted by Crippen LogP contribution is 2.76. The summed E-state index contributed by atoms with van der Waals surface area (Å²) < 4.78 is 34.7. The van der Waals surface area contributed by atoms with Gasteiger partial charge in [-0.15, -0.1) is 0 Å². The number of aliphatic hydroxyl groups is 12. The van der Waals surface area contributed by atoms with E-state index >= 15 is 0 Å². The molecule has 0 aromatic rings. The summed E-state index contributed by atoms with van der Waals surface area (Å²) in [6.07, 6.45) is -18.3. The SMILES string of the molecule is C[C@@H]1O[C@@H](O[C@H]2[C@H](O)[C@@H](O)[C@H](OC[C@H]3O[C@@H](OC(=O)[C@]45CCC(C)(C)C[C@H]4C4=CC[C@@H]6[C@@]7(C)CC[C@H](O)[C@@](C)(CO)[C@@H]7[C@H](O)C[C@@]6(C)[C@]4(C)CC5)[C@H](O)[C@@H](O)[C@@H]3O)O[C@@H]2CO)[C@H](O)[C@H](O)[C@H]1O. The van der Waals surface area contributed by atoms with Gasteiger partial charge in [0.05, 0.1) is 43.5 Å². The minimum absolute atomic E-state index is 0.127. The van der Waals surface area contributed by atoms with E-state index in [0.717, 1.165) is 5.57 Å². The fourth-order valence-electron chi connectivity index (χ4n) is 15.0. The lowest BCUT2D eigenvalue weighted by Crippen LogP contribution is -2.69. The predicted molar refractivity (Wildman–Crippen MR) is 232 cm³/mol. The second-order valence-corrected chi connectivity index (χ2v) is 23.5. The molecule has 3 heterocycles. The largest absolute Gasteiger partial charge is 0.432 e. The van der Waals surface area contributed by atoms with Gasteiger partial charge in [0.2, 0.25) is 6.29 Å². The third-order valence-electron chi connectivity index (χ3n) is 19.3. The maximum Gasteiger partial charge on any atom is 0.315 e. The first-order chi connectivity index (χ1) is 31.2. The number of rotatable bonds is 9. The van der Waals surface area contributed by atoms with Crippen LogP contribution in [-0.2, 0) is 33.2 Å². The van der Waals surface area contributed by atoms with Crippen LogP contribution < -0.4 is 0 Å². The topological polar surface area (TPSA) is 315 Å². The summed E-state index contributed by atoms with van der Waals surface area (Å²) in [6, 6.07) is 0. The Bertz CT molecular complexity index is 1830. The van der Waals surface area contributed by atoms with Crippen molar-refractivity contribution in [2.45, 2.75) is 211 Å². The molecule has 0 amide bonds. The monoisotopic (exact) mass is 959 g/mol. The summed E-state index contributed by atoms with van der Waals surface area (Å²) in [4.78, 5) is 15.0. The van der Waals surface area contributed by atoms with Crippen LogP contribution in [0.5, 0.6) is 0 Å². The summed E-state index contributed by atoms with van der Waals surface area (Å²) in [7, 11) is 0. The van der Waals surface area contributed by atoms with E-state index in [0.29, 0.717) is 57.8 Å². The number of fused-ring (bicyclic) bond motifs is 7. The zero-order valence-electron chi connectivity index (χ0n) is 39.8. The van der Waals surface area contributed by atoms with Gasteiger partial charge in [0.25, 0.3) is 0 Å². The standard InChI is InChI=1S/C48H78O19/c1-21-29(53)31(55)34(58)40(63-21)66-37-25(18-49)64-39(36(60)33(37)57)62-19-26-30(54)32(56)35(59)41(65-26)67-42(61)48-14-12-43(2,3)16-23(48)22-8-9-27-44(4)11-10-28(52)45(5,20-50)38(44)24(51)17-47(27,7)46(22,6)13-15-48/h8,21,23-41,49-60H,9-20H2,1-7H3/t21-,23-,24+,25+,26+,27+,28-,29-,30+,31+,32-,33+,34+,35+,36+,37+,38+,39+,40-,41-,44+,45+,46+,47+,48-/m0/s1. The molecule has 8 aliphatic rings. The van der Waals surface area contributed by atoms with E-state index in [1.165, 1.54) is 6.92 Å². The second kappa shape index (κ2) is 18.2. The maximum atomic E-state index is 15.0. The first kappa shape index (κ1) is 51.9. The van der Waals surface area contributed by atoms with Crippen LogP contribution >= 0.6 is 0 Å². The molecule has 8 rings (SSSR count). The molecule has 67 heavy (non-hydrogen) atoms. The highest BCUT2D eigenvalue weighted by Gasteiger charge is 2.72. The van der Waals surface area contributed by atoms with Gasteiger partial charge in [-0.05, 0) is 98.2 Å². The number of aliphatic hydroxyl groups excluding tert-OH is 12. The van der Waals surface area contributed by atoms with Crippen molar-refractivity contribution in [2.24, 2.45) is 50.2 Å². The number of hydrogen-bond acceptors (Lipinski definition) is 19. The van der Waals surface area contributed by atoms with Gasteiger partial charge in [-0.1, -0.05) is 53.2 Å². The van der Waals surface area contributed by atoms with Gasteiger partial charge >= 0.3 is 5.97 Å². The fourth-order valence-corrected chi connectivity index (χ4v) is 15.0. The Morgan fingerprint density at radius 1 is 0.701 bits per heavy atom. The van der Waals surface area contributed by atoms with Gasteiger partial charge in [0.1, 0.15) is 67.1 Å². The number of carbonyl (C=O) groups is 1. The lowest BCUT2D eigenvalue weighted by molar-refractivity contribution is -0.361. The number of esters is 1. The van der Waals surface area contributed by atoms with E-state index in [4.69, 9.17) is 28.4 Å². The van der Waals surface area contributed by atoms with Crippen LogP contribution in [-0.4, -0.2) is 191 Å². The minimum atomic E-state index is -1.87.